The van der Waals surface area contributed by atoms with Crippen molar-refractivity contribution in [1.82, 2.24) is 4.90 Å². The molecule has 2 aromatic rings. The second kappa shape index (κ2) is 6.13. The minimum Gasteiger partial charge on any atom is -0.378 e. The average molecular weight is 313 g/mol. The zero-order valence-corrected chi connectivity index (χ0v) is 13.1. The molecule has 0 bridgehead atoms. The van der Waals surface area contributed by atoms with Gasteiger partial charge < -0.3 is 10.0 Å². The van der Waals surface area contributed by atoms with E-state index in [0.717, 1.165) is 6.42 Å². The van der Waals surface area contributed by atoms with Crippen LogP contribution in [-0.2, 0) is 10.2 Å². The highest BCUT2D eigenvalue weighted by Gasteiger charge is 2.39. The molecule has 0 radical (unpaired) electrons. The lowest BCUT2D eigenvalue weighted by Crippen LogP contribution is -2.36. The lowest BCUT2D eigenvalue weighted by molar-refractivity contribution is -0.139. The third-order valence-electron chi connectivity index (χ3n) is 4.68. The molecule has 1 amide bonds. The minimum absolute atomic E-state index is 0.0978. The lowest BCUT2D eigenvalue weighted by Gasteiger charge is -2.26. The Hall–Kier alpha value is -2.20. The van der Waals surface area contributed by atoms with Crippen LogP contribution in [0, 0.1) is 5.82 Å². The van der Waals surface area contributed by atoms with Crippen molar-refractivity contribution in [2.75, 3.05) is 13.1 Å². The number of nitrogens with zero attached hydrogens (tertiary/aromatic N) is 1. The Morgan fingerprint density at radius 3 is 2.48 bits per heavy atom. The number of amides is 1. The molecule has 0 aromatic heterocycles. The lowest BCUT2D eigenvalue weighted by atomic mass is 9.82. The van der Waals surface area contributed by atoms with Crippen molar-refractivity contribution in [3.05, 3.63) is 71.5 Å². The molecular weight excluding hydrogens is 293 g/mol. The number of hydrogen-bond acceptors (Lipinski definition) is 2. The summed E-state index contributed by atoms with van der Waals surface area (Å²) in [7, 11) is 0. The number of likely N-dealkylation sites (tertiary alicyclic amines) is 1. The van der Waals surface area contributed by atoms with Crippen LogP contribution in [-0.4, -0.2) is 29.0 Å². The quantitative estimate of drug-likeness (QED) is 0.946. The van der Waals surface area contributed by atoms with Gasteiger partial charge in [0, 0.05) is 18.5 Å². The molecule has 2 unspecified atom stereocenters. The first-order valence-electron chi connectivity index (χ1n) is 7.77. The maximum absolute atomic E-state index is 13.0. The molecule has 2 aromatic carbocycles. The fraction of sp³-hybridized carbons (Fsp3) is 0.316. The van der Waals surface area contributed by atoms with Crippen LogP contribution in [0.15, 0.2) is 54.6 Å². The normalized spacial score (nSPS) is 22.1. The van der Waals surface area contributed by atoms with E-state index in [9.17, 15) is 14.3 Å². The van der Waals surface area contributed by atoms with Gasteiger partial charge in [-0.2, -0.15) is 0 Å². The largest absolute Gasteiger partial charge is 0.378 e. The van der Waals surface area contributed by atoms with E-state index in [-0.39, 0.29) is 17.1 Å². The first kappa shape index (κ1) is 15.7. The van der Waals surface area contributed by atoms with E-state index < -0.39 is 6.10 Å². The van der Waals surface area contributed by atoms with Gasteiger partial charge in [0.25, 0.3) is 5.91 Å². The third kappa shape index (κ3) is 3.13. The topological polar surface area (TPSA) is 40.5 Å². The van der Waals surface area contributed by atoms with Gasteiger partial charge in [-0.15, -0.1) is 0 Å². The van der Waals surface area contributed by atoms with Gasteiger partial charge in [-0.3, -0.25) is 4.79 Å². The van der Waals surface area contributed by atoms with Crippen molar-refractivity contribution in [2.45, 2.75) is 24.9 Å². The van der Waals surface area contributed by atoms with Crippen LogP contribution in [0.5, 0.6) is 0 Å². The van der Waals surface area contributed by atoms with Crippen LogP contribution in [0.2, 0.25) is 0 Å². The van der Waals surface area contributed by atoms with Gasteiger partial charge in [-0.1, -0.05) is 49.4 Å². The predicted molar refractivity (Wildman–Crippen MR) is 86.4 cm³/mol. The highest BCUT2D eigenvalue weighted by atomic mass is 19.1. The summed E-state index contributed by atoms with van der Waals surface area (Å²) in [6, 6.07) is 15.5. The molecule has 1 aliphatic heterocycles. The Morgan fingerprint density at radius 1 is 1.17 bits per heavy atom. The van der Waals surface area contributed by atoms with E-state index >= 15 is 0 Å². The van der Waals surface area contributed by atoms with Crippen molar-refractivity contribution in [3.8, 4) is 0 Å². The van der Waals surface area contributed by atoms with Gasteiger partial charge in [0.2, 0.25) is 0 Å². The monoisotopic (exact) mass is 313 g/mol. The van der Waals surface area contributed by atoms with Crippen LogP contribution in [0.3, 0.4) is 0 Å². The van der Waals surface area contributed by atoms with Crippen LogP contribution in [0.25, 0.3) is 0 Å². The summed E-state index contributed by atoms with van der Waals surface area (Å²) >= 11 is 0. The summed E-state index contributed by atoms with van der Waals surface area (Å²) in [5, 5.41) is 10.3. The number of carbonyl (C=O) groups excluding carboxylic acids is 1. The molecule has 23 heavy (non-hydrogen) atoms. The molecule has 0 aliphatic carbocycles. The third-order valence-corrected chi connectivity index (χ3v) is 4.68. The highest BCUT2D eigenvalue weighted by molar-refractivity contribution is 5.82. The first-order chi connectivity index (χ1) is 11.0. The molecular formula is C19H20FNO2. The maximum atomic E-state index is 13.0. The molecule has 4 heteroatoms. The summed E-state index contributed by atoms with van der Waals surface area (Å²) in [6.45, 7) is 3.33. The molecule has 1 saturated heterocycles. The number of halogens is 1. The minimum atomic E-state index is -1.24. The number of hydrogen-bond donors (Lipinski definition) is 1. The van der Waals surface area contributed by atoms with Gasteiger partial charge >= 0.3 is 0 Å². The fourth-order valence-corrected chi connectivity index (χ4v) is 3.19. The number of rotatable bonds is 3. The van der Waals surface area contributed by atoms with E-state index in [2.05, 4.69) is 19.1 Å². The first-order valence-corrected chi connectivity index (χ1v) is 7.77. The standard InChI is InChI=1S/C19H20FNO2/c1-19(15-5-3-2-4-6-15)11-12-21(13-19)18(23)17(22)14-7-9-16(20)10-8-14/h2-10,17,22H,11-13H2,1H3. The Kier molecular flexibility index (Phi) is 4.18. The Bertz CT molecular complexity index is 686. The molecule has 2 atom stereocenters. The van der Waals surface area contributed by atoms with Gasteiger partial charge in [0.1, 0.15) is 5.82 Å². The van der Waals surface area contributed by atoms with Gasteiger partial charge in [-0.25, -0.2) is 4.39 Å². The van der Waals surface area contributed by atoms with Crippen molar-refractivity contribution in [1.29, 1.82) is 0 Å². The average Bonchev–Trinajstić information content (AvgIpc) is 2.99. The van der Waals surface area contributed by atoms with Crippen molar-refractivity contribution >= 4 is 5.91 Å². The van der Waals surface area contributed by atoms with Crippen LogP contribution in [0.1, 0.15) is 30.6 Å². The van der Waals surface area contributed by atoms with Crippen molar-refractivity contribution in [2.24, 2.45) is 0 Å². The van der Waals surface area contributed by atoms with Crippen LogP contribution in [0.4, 0.5) is 4.39 Å². The Labute approximate surface area is 135 Å². The summed E-state index contributed by atoms with van der Waals surface area (Å²) < 4.78 is 13.0. The molecule has 1 heterocycles. The second-order valence-electron chi connectivity index (χ2n) is 6.39. The molecule has 1 aliphatic rings. The number of benzene rings is 2. The maximum Gasteiger partial charge on any atom is 0.256 e. The summed E-state index contributed by atoms with van der Waals surface area (Å²) in [5.74, 6) is -0.706. The molecule has 3 nitrogen and oxygen atoms in total. The SMILES string of the molecule is CC1(c2ccccc2)CCN(C(=O)C(O)c2ccc(F)cc2)C1. The summed E-state index contributed by atoms with van der Waals surface area (Å²) in [5.41, 5.74) is 1.52. The fourth-order valence-electron chi connectivity index (χ4n) is 3.19. The van der Waals surface area contributed by atoms with E-state index in [4.69, 9.17) is 0 Å². The Morgan fingerprint density at radius 2 is 1.83 bits per heavy atom. The van der Waals surface area contributed by atoms with E-state index in [1.807, 2.05) is 18.2 Å². The van der Waals surface area contributed by atoms with Gasteiger partial charge in [0.15, 0.2) is 6.10 Å². The number of carbonyl (C=O) groups is 1. The molecule has 0 saturated carbocycles. The van der Waals surface area contributed by atoms with Crippen molar-refractivity contribution < 1.29 is 14.3 Å². The summed E-state index contributed by atoms with van der Waals surface area (Å²) in [4.78, 5) is 14.2. The molecule has 120 valence electrons. The number of aliphatic hydroxyl groups is 1. The molecule has 1 fully saturated rings. The number of aliphatic hydroxyl groups excluding tert-OH is 1. The molecule has 0 spiro atoms. The predicted octanol–water partition coefficient (Wildman–Crippen LogP) is 3.05. The zero-order chi connectivity index (χ0) is 16.4. The van der Waals surface area contributed by atoms with E-state index in [1.54, 1.807) is 4.90 Å². The van der Waals surface area contributed by atoms with Crippen molar-refractivity contribution in [3.63, 3.8) is 0 Å². The van der Waals surface area contributed by atoms with Crippen LogP contribution < -0.4 is 0 Å². The van der Waals surface area contributed by atoms with Gasteiger partial charge in [-0.05, 0) is 29.7 Å². The van der Waals surface area contributed by atoms with Gasteiger partial charge in [0.05, 0.1) is 0 Å². The smallest absolute Gasteiger partial charge is 0.256 e. The summed E-state index contributed by atoms with van der Waals surface area (Å²) in [6.07, 6.45) is -0.382. The second-order valence-corrected chi connectivity index (χ2v) is 6.39. The zero-order valence-electron chi connectivity index (χ0n) is 13.1. The van der Waals surface area contributed by atoms with Crippen LogP contribution >= 0.6 is 0 Å². The highest BCUT2D eigenvalue weighted by Crippen LogP contribution is 2.35. The van der Waals surface area contributed by atoms with E-state index in [1.165, 1.54) is 29.8 Å². The molecule has 1 N–H and O–H groups in total. The van der Waals surface area contributed by atoms with E-state index in [0.29, 0.717) is 18.7 Å². The molecule has 3 rings (SSSR count). The Balaban J connectivity index is 1.73.